The predicted octanol–water partition coefficient (Wildman–Crippen LogP) is 3.45. The van der Waals surface area contributed by atoms with Gasteiger partial charge in [0.05, 0.1) is 31.3 Å². The highest BCUT2D eigenvalue weighted by Gasteiger charge is 2.15. The number of sulfonamides is 1. The third kappa shape index (κ3) is 4.95. The van der Waals surface area contributed by atoms with E-state index in [0.717, 1.165) is 16.3 Å². The molecule has 0 spiro atoms. The number of aromatic nitrogens is 2. The van der Waals surface area contributed by atoms with Gasteiger partial charge in [0.2, 0.25) is 15.8 Å². The molecule has 2 aromatic heterocycles. The molecule has 4 aromatic rings. The number of rotatable bonds is 8. The largest absolute Gasteiger partial charge is 0.463 e. The number of benzene rings is 2. The lowest BCUT2D eigenvalue weighted by Gasteiger charge is -2.08. The first-order chi connectivity index (χ1) is 14.9. The summed E-state index contributed by atoms with van der Waals surface area (Å²) in [5, 5.41) is 6.28. The summed E-state index contributed by atoms with van der Waals surface area (Å²) in [6.07, 6.45) is 3.39. The second kappa shape index (κ2) is 8.65. The highest BCUT2D eigenvalue weighted by Crippen LogP contribution is 2.20. The predicted molar refractivity (Wildman–Crippen MR) is 116 cm³/mol. The maximum Gasteiger partial charge on any atom is 0.373 e. The second-order valence-electron chi connectivity index (χ2n) is 6.99. The Bertz CT molecular complexity index is 1320. The smallest absolute Gasteiger partial charge is 0.373 e. The molecule has 0 unspecified atom stereocenters. The molecule has 0 aliphatic heterocycles. The second-order valence-corrected chi connectivity index (χ2v) is 8.84. The van der Waals surface area contributed by atoms with Gasteiger partial charge >= 0.3 is 5.97 Å². The minimum atomic E-state index is -3.56. The monoisotopic (exact) mass is 439 g/mol. The molecular weight excluding hydrogens is 418 g/mol. The first-order valence-corrected chi connectivity index (χ1v) is 11.3. The van der Waals surface area contributed by atoms with Gasteiger partial charge in [-0.2, -0.15) is 5.10 Å². The van der Waals surface area contributed by atoms with Crippen molar-refractivity contribution in [1.29, 1.82) is 0 Å². The fourth-order valence-corrected chi connectivity index (χ4v) is 4.38. The Hall–Kier alpha value is -3.59. The number of fused-ring (bicyclic) bond motifs is 1. The molecule has 0 radical (unpaired) electrons. The van der Waals surface area contributed by atoms with Crippen molar-refractivity contribution < 1.29 is 22.4 Å². The Labute approximate surface area is 179 Å². The van der Waals surface area contributed by atoms with Crippen LogP contribution in [0.15, 0.2) is 71.4 Å². The number of anilines is 1. The molecule has 8 nitrogen and oxygen atoms in total. The molecule has 2 heterocycles. The Morgan fingerprint density at radius 2 is 1.94 bits per heavy atom. The van der Waals surface area contributed by atoms with E-state index in [1.165, 1.54) is 24.1 Å². The van der Waals surface area contributed by atoms with E-state index in [1.54, 1.807) is 12.3 Å². The molecule has 0 atom stereocenters. The van der Waals surface area contributed by atoms with E-state index in [2.05, 4.69) is 14.6 Å². The molecule has 160 valence electrons. The van der Waals surface area contributed by atoms with Gasteiger partial charge in [-0.1, -0.05) is 42.5 Å². The van der Waals surface area contributed by atoms with Crippen LogP contribution in [-0.2, 0) is 27.7 Å². The van der Waals surface area contributed by atoms with E-state index in [4.69, 9.17) is 4.42 Å². The van der Waals surface area contributed by atoms with E-state index >= 15 is 0 Å². The quantitative estimate of drug-likeness (QED) is 0.422. The van der Waals surface area contributed by atoms with Gasteiger partial charge in [-0.05, 0) is 34.9 Å². The number of hydrogen-bond donors (Lipinski definition) is 1. The van der Waals surface area contributed by atoms with Crippen molar-refractivity contribution in [1.82, 2.24) is 9.78 Å². The third-order valence-corrected chi connectivity index (χ3v) is 6.08. The van der Waals surface area contributed by atoms with E-state index < -0.39 is 16.0 Å². The van der Waals surface area contributed by atoms with Crippen LogP contribution in [0.25, 0.3) is 10.8 Å². The summed E-state index contributed by atoms with van der Waals surface area (Å²) >= 11 is 0. The van der Waals surface area contributed by atoms with Crippen LogP contribution in [0.5, 0.6) is 0 Å². The highest BCUT2D eigenvalue weighted by atomic mass is 32.2. The molecule has 1 N–H and O–H groups in total. The molecule has 31 heavy (non-hydrogen) atoms. The third-order valence-electron chi connectivity index (χ3n) is 4.79. The van der Waals surface area contributed by atoms with E-state index in [1.807, 2.05) is 42.5 Å². The van der Waals surface area contributed by atoms with Gasteiger partial charge < -0.3 is 9.15 Å². The standard InChI is InChI=1S/C22H21N3O5S/c1-29-22(26)21-10-9-19(30-21)15-25-14-18(13-23-25)24-31(27,28)12-11-17-7-4-6-16-5-2-3-8-20(16)17/h2-10,13-14,24H,11-12,15H2,1H3. The van der Waals surface area contributed by atoms with Gasteiger partial charge in [0.25, 0.3) is 0 Å². The van der Waals surface area contributed by atoms with Crippen molar-refractivity contribution in [3.63, 3.8) is 0 Å². The molecular formula is C22H21N3O5S. The minimum Gasteiger partial charge on any atom is -0.463 e. The van der Waals surface area contributed by atoms with Gasteiger partial charge in [0.1, 0.15) is 5.76 Å². The van der Waals surface area contributed by atoms with Crippen LogP contribution in [-0.4, -0.2) is 37.0 Å². The summed E-state index contributed by atoms with van der Waals surface area (Å²) in [7, 11) is -2.28. The summed E-state index contributed by atoms with van der Waals surface area (Å²) in [5.41, 5.74) is 1.34. The number of ether oxygens (including phenoxy) is 1. The molecule has 0 saturated carbocycles. The first kappa shape index (κ1) is 20.7. The van der Waals surface area contributed by atoms with Crippen molar-refractivity contribution in [2.75, 3.05) is 17.6 Å². The minimum absolute atomic E-state index is 0.0487. The highest BCUT2D eigenvalue weighted by molar-refractivity contribution is 7.92. The molecule has 2 aromatic carbocycles. The summed E-state index contributed by atoms with van der Waals surface area (Å²) in [6.45, 7) is 0.245. The molecule has 0 fully saturated rings. The van der Waals surface area contributed by atoms with E-state index in [9.17, 15) is 13.2 Å². The van der Waals surface area contributed by atoms with Crippen molar-refractivity contribution in [2.24, 2.45) is 0 Å². The number of nitrogens with zero attached hydrogens (tertiary/aromatic N) is 2. The van der Waals surface area contributed by atoms with E-state index in [0.29, 0.717) is 17.9 Å². The van der Waals surface area contributed by atoms with Crippen LogP contribution in [0.3, 0.4) is 0 Å². The lowest BCUT2D eigenvalue weighted by atomic mass is 10.0. The fourth-order valence-electron chi connectivity index (χ4n) is 3.32. The number of nitrogens with one attached hydrogen (secondary N) is 1. The van der Waals surface area contributed by atoms with Crippen molar-refractivity contribution in [2.45, 2.75) is 13.0 Å². The molecule has 0 aliphatic carbocycles. The summed E-state index contributed by atoms with van der Waals surface area (Å²) in [5.74, 6) is -0.0217. The van der Waals surface area contributed by atoms with Gasteiger partial charge in [0, 0.05) is 6.20 Å². The number of methoxy groups -OCH3 is 1. The Balaban J connectivity index is 1.39. The first-order valence-electron chi connectivity index (χ1n) is 9.60. The van der Waals surface area contributed by atoms with Crippen LogP contribution in [0, 0.1) is 0 Å². The SMILES string of the molecule is COC(=O)c1ccc(Cn2cc(NS(=O)(=O)CCc3cccc4ccccc34)cn2)o1. The number of aryl methyl sites for hydroxylation is 1. The maximum atomic E-state index is 12.6. The average Bonchev–Trinajstić information content (AvgIpc) is 3.41. The van der Waals surface area contributed by atoms with Crippen LogP contribution < -0.4 is 4.72 Å². The van der Waals surface area contributed by atoms with Gasteiger partial charge in [0.15, 0.2) is 0 Å². The van der Waals surface area contributed by atoms with Crippen molar-refractivity contribution >= 4 is 32.5 Å². The Kier molecular flexibility index (Phi) is 5.77. The zero-order chi connectivity index (χ0) is 21.8. The molecule has 4 rings (SSSR count). The van der Waals surface area contributed by atoms with Gasteiger partial charge in [-0.3, -0.25) is 9.40 Å². The number of esters is 1. The summed E-state index contributed by atoms with van der Waals surface area (Å²) < 4.78 is 39.2. The fraction of sp³-hybridized carbons (Fsp3) is 0.182. The topological polar surface area (TPSA) is 103 Å². The molecule has 0 bridgehead atoms. The molecule has 0 amide bonds. The van der Waals surface area contributed by atoms with Crippen LogP contribution in [0.1, 0.15) is 21.9 Å². The lowest BCUT2D eigenvalue weighted by Crippen LogP contribution is -2.18. The van der Waals surface area contributed by atoms with Gasteiger partial charge in [-0.25, -0.2) is 13.2 Å². The number of carbonyl (C=O) groups excluding carboxylic acids is 1. The zero-order valence-electron chi connectivity index (χ0n) is 16.8. The summed E-state index contributed by atoms with van der Waals surface area (Å²) in [6, 6.07) is 16.9. The van der Waals surface area contributed by atoms with Crippen LogP contribution in [0.2, 0.25) is 0 Å². The number of carbonyl (C=O) groups is 1. The normalized spacial score (nSPS) is 11.5. The molecule has 0 saturated heterocycles. The van der Waals surface area contributed by atoms with Crippen LogP contribution >= 0.6 is 0 Å². The van der Waals surface area contributed by atoms with Crippen molar-refractivity contribution in [3.8, 4) is 0 Å². The summed E-state index contributed by atoms with van der Waals surface area (Å²) in [4.78, 5) is 11.5. The average molecular weight is 439 g/mol. The molecule has 9 heteroatoms. The van der Waals surface area contributed by atoms with Crippen LogP contribution in [0.4, 0.5) is 5.69 Å². The molecule has 0 aliphatic rings. The Morgan fingerprint density at radius 1 is 1.13 bits per heavy atom. The van der Waals surface area contributed by atoms with Gasteiger partial charge in [-0.15, -0.1) is 0 Å². The maximum absolute atomic E-state index is 12.6. The lowest BCUT2D eigenvalue weighted by molar-refractivity contribution is 0.0562. The van der Waals surface area contributed by atoms with Crippen molar-refractivity contribution in [3.05, 3.63) is 84.1 Å². The Morgan fingerprint density at radius 3 is 2.77 bits per heavy atom. The number of hydrogen-bond acceptors (Lipinski definition) is 6. The van der Waals surface area contributed by atoms with E-state index in [-0.39, 0.29) is 18.1 Å². The zero-order valence-corrected chi connectivity index (χ0v) is 17.6. The number of furan rings is 1.